The van der Waals surface area contributed by atoms with Crippen molar-refractivity contribution in [1.82, 2.24) is 15.6 Å². The van der Waals surface area contributed by atoms with E-state index in [9.17, 15) is 14.0 Å². The molecule has 5 nitrogen and oxygen atoms in total. The molecule has 2 amide bonds. The zero-order chi connectivity index (χ0) is 15.9. The number of hydrogen-bond acceptors (Lipinski definition) is 4. The van der Waals surface area contributed by atoms with Gasteiger partial charge in [-0.05, 0) is 24.6 Å². The molecule has 0 aliphatic carbocycles. The van der Waals surface area contributed by atoms with E-state index in [1.165, 1.54) is 29.7 Å². The molecule has 0 bridgehead atoms. The maximum Gasteiger partial charge on any atom is 0.263 e. The largest absolute Gasteiger partial charge is 0.354 e. The molecule has 2 aromatic rings. The number of aromatic nitrogens is 1. The number of nitrogens with zero attached hydrogens (tertiary/aromatic N) is 1. The van der Waals surface area contributed by atoms with Gasteiger partial charge in [0.1, 0.15) is 10.7 Å². The molecule has 2 N–H and O–H groups in total. The Labute approximate surface area is 131 Å². The number of amides is 2. The van der Waals surface area contributed by atoms with Crippen LogP contribution in [0.2, 0.25) is 0 Å². The van der Waals surface area contributed by atoms with Crippen LogP contribution in [0, 0.1) is 12.7 Å². The Balaban J connectivity index is 1.67. The SMILES string of the molecule is Cc1ncc(C(=O)NCCNC(=O)Cc2ccc(F)cc2)s1. The smallest absolute Gasteiger partial charge is 0.263 e. The van der Waals surface area contributed by atoms with E-state index in [1.807, 2.05) is 6.92 Å². The number of thiazole rings is 1. The van der Waals surface area contributed by atoms with Gasteiger partial charge < -0.3 is 10.6 Å². The highest BCUT2D eigenvalue weighted by Crippen LogP contribution is 2.10. The van der Waals surface area contributed by atoms with Crippen molar-refractivity contribution < 1.29 is 14.0 Å². The summed E-state index contributed by atoms with van der Waals surface area (Å²) >= 11 is 1.32. The molecule has 116 valence electrons. The summed E-state index contributed by atoms with van der Waals surface area (Å²) in [6.07, 6.45) is 1.71. The van der Waals surface area contributed by atoms with E-state index in [4.69, 9.17) is 0 Å². The van der Waals surface area contributed by atoms with E-state index < -0.39 is 0 Å². The molecule has 0 saturated carbocycles. The molecule has 22 heavy (non-hydrogen) atoms. The van der Waals surface area contributed by atoms with Crippen LogP contribution in [-0.2, 0) is 11.2 Å². The Morgan fingerprint density at radius 3 is 2.50 bits per heavy atom. The second-order valence-electron chi connectivity index (χ2n) is 4.65. The minimum Gasteiger partial charge on any atom is -0.354 e. The number of hydrogen-bond donors (Lipinski definition) is 2. The second kappa shape index (κ2) is 7.65. The van der Waals surface area contributed by atoms with Crippen molar-refractivity contribution in [2.45, 2.75) is 13.3 Å². The first-order valence-corrected chi connectivity index (χ1v) is 7.58. The zero-order valence-corrected chi connectivity index (χ0v) is 12.9. The topological polar surface area (TPSA) is 71.1 Å². The van der Waals surface area contributed by atoms with Crippen molar-refractivity contribution in [2.24, 2.45) is 0 Å². The third-order valence-corrected chi connectivity index (χ3v) is 3.77. The molecule has 0 saturated heterocycles. The summed E-state index contributed by atoms with van der Waals surface area (Å²) in [5, 5.41) is 6.24. The van der Waals surface area contributed by atoms with Crippen LogP contribution < -0.4 is 10.6 Å². The Morgan fingerprint density at radius 1 is 1.18 bits per heavy atom. The molecule has 0 fully saturated rings. The predicted molar refractivity (Wildman–Crippen MR) is 82.3 cm³/mol. The number of nitrogens with one attached hydrogen (secondary N) is 2. The Bertz CT molecular complexity index is 655. The molecular formula is C15H16FN3O2S. The summed E-state index contributed by atoms with van der Waals surface area (Å²) in [4.78, 5) is 28.0. The van der Waals surface area contributed by atoms with Crippen LogP contribution in [-0.4, -0.2) is 29.9 Å². The van der Waals surface area contributed by atoms with Gasteiger partial charge in [-0.3, -0.25) is 9.59 Å². The monoisotopic (exact) mass is 321 g/mol. The van der Waals surface area contributed by atoms with Crippen LogP contribution in [0.4, 0.5) is 4.39 Å². The summed E-state index contributed by atoms with van der Waals surface area (Å²) in [5.41, 5.74) is 0.739. The molecule has 1 heterocycles. The van der Waals surface area contributed by atoms with Crippen LogP contribution in [0.1, 0.15) is 20.2 Å². The van der Waals surface area contributed by atoms with Crippen LogP contribution in [0.15, 0.2) is 30.5 Å². The average Bonchev–Trinajstić information content (AvgIpc) is 2.92. The Kier molecular flexibility index (Phi) is 5.60. The summed E-state index contributed by atoms with van der Waals surface area (Å²) in [6, 6.07) is 5.78. The molecule has 0 spiro atoms. The lowest BCUT2D eigenvalue weighted by Gasteiger charge is -2.06. The van der Waals surface area contributed by atoms with Crippen LogP contribution in [0.5, 0.6) is 0 Å². The molecule has 0 atom stereocenters. The van der Waals surface area contributed by atoms with E-state index >= 15 is 0 Å². The van der Waals surface area contributed by atoms with E-state index in [0.717, 1.165) is 10.6 Å². The lowest BCUT2D eigenvalue weighted by atomic mass is 10.1. The number of carbonyl (C=O) groups excluding carboxylic acids is 2. The van der Waals surface area contributed by atoms with E-state index in [2.05, 4.69) is 15.6 Å². The molecule has 0 radical (unpaired) electrons. The maximum absolute atomic E-state index is 12.7. The standard InChI is InChI=1S/C15H16FN3O2S/c1-10-19-9-13(22-10)15(21)18-7-6-17-14(20)8-11-2-4-12(16)5-3-11/h2-5,9H,6-8H2,1H3,(H,17,20)(H,18,21). The highest BCUT2D eigenvalue weighted by Gasteiger charge is 2.08. The minimum atomic E-state index is -0.329. The molecule has 2 rings (SSSR count). The quantitative estimate of drug-likeness (QED) is 0.795. The highest BCUT2D eigenvalue weighted by atomic mass is 32.1. The van der Waals surface area contributed by atoms with Crippen molar-refractivity contribution in [3.05, 3.63) is 51.7 Å². The molecule has 0 aliphatic heterocycles. The molecule has 1 aromatic carbocycles. The highest BCUT2D eigenvalue weighted by molar-refractivity contribution is 7.13. The first-order chi connectivity index (χ1) is 10.5. The van der Waals surface area contributed by atoms with Crippen molar-refractivity contribution >= 4 is 23.2 Å². The minimum absolute atomic E-state index is 0.172. The second-order valence-corrected chi connectivity index (χ2v) is 5.89. The summed E-state index contributed by atoms with van der Waals surface area (Å²) < 4.78 is 12.7. The molecule has 0 aliphatic rings. The van der Waals surface area contributed by atoms with E-state index in [-0.39, 0.29) is 24.1 Å². The molecule has 7 heteroatoms. The van der Waals surface area contributed by atoms with Crippen molar-refractivity contribution in [1.29, 1.82) is 0 Å². The number of carbonyl (C=O) groups is 2. The van der Waals surface area contributed by atoms with E-state index in [1.54, 1.807) is 12.1 Å². The van der Waals surface area contributed by atoms with Crippen molar-refractivity contribution in [3.8, 4) is 0 Å². The normalized spacial score (nSPS) is 10.3. The Morgan fingerprint density at radius 2 is 1.86 bits per heavy atom. The first kappa shape index (κ1) is 16.1. The molecular weight excluding hydrogens is 305 g/mol. The average molecular weight is 321 g/mol. The van der Waals surface area contributed by atoms with Gasteiger partial charge in [0.25, 0.3) is 5.91 Å². The number of rotatable bonds is 6. The summed E-state index contributed by atoms with van der Waals surface area (Å²) in [6.45, 7) is 2.51. The number of aryl methyl sites for hydroxylation is 1. The van der Waals surface area contributed by atoms with E-state index in [0.29, 0.717) is 18.0 Å². The zero-order valence-electron chi connectivity index (χ0n) is 12.1. The maximum atomic E-state index is 12.7. The van der Waals surface area contributed by atoms with Gasteiger partial charge in [0, 0.05) is 13.1 Å². The van der Waals surface area contributed by atoms with Gasteiger partial charge in [-0.25, -0.2) is 9.37 Å². The number of halogens is 1. The third kappa shape index (κ3) is 4.92. The van der Waals surface area contributed by atoms with Crippen LogP contribution >= 0.6 is 11.3 Å². The predicted octanol–water partition coefficient (Wildman–Crippen LogP) is 1.68. The van der Waals surface area contributed by atoms with Gasteiger partial charge in [0.2, 0.25) is 5.91 Å². The lowest BCUT2D eigenvalue weighted by molar-refractivity contribution is -0.120. The Hall–Kier alpha value is -2.28. The number of benzene rings is 1. The fourth-order valence-corrected chi connectivity index (χ4v) is 2.48. The van der Waals surface area contributed by atoms with Gasteiger partial charge in [0.05, 0.1) is 17.6 Å². The lowest BCUT2D eigenvalue weighted by Crippen LogP contribution is -2.35. The van der Waals surface area contributed by atoms with Crippen LogP contribution in [0.3, 0.4) is 0 Å². The van der Waals surface area contributed by atoms with Crippen LogP contribution in [0.25, 0.3) is 0 Å². The van der Waals surface area contributed by atoms with Gasteiger partial charge in [0.15, 0.2) is 0 Å². The van der Waals surface area contributed by atoms with Gasteiger partial charge >= 0.3 is 0 Å². The van der Waals surface area contributed by atoms with Gasteiger partial charge in [-0.2, -0.15) is 0 Å². The summed E-state index contributed by atoms with van der Waals surface area (Å²) in [7, 11) is 0. The third-order valence-electron chi connectivity index (χ3n) is 2.86. The van der Waals surface area contributed by atoms with Crippen molar-refractivity contribution in [3.63, 3.8) is 0 Å². The fraction of sp³-hybridized carbons (Fsp3) is 0.267. The van der Waals surface area contributed by atoms with Gasteiger partial charge in [-0.1, -0.05) is 12.1 Å². The van der Waals surface area contributed by atoms with Gasteiger partial charge in [-0.15, -0.1) is 11.3 Å². The first-order valence-electron chi connectivity index (χ1n) is 6.76. The summed E-state index contributed by atoms with van der Waals surface area (Å²) in [5.74, 6) is -0.696. The fourth-order valence-electron chi connectivity index (χ4n) is 1.78. The molecule has 1 aromatic heterocycles. The molecule has 0 unspecified atom stereocenters. The van der Waals surface area contributed by atoms with Crippen molar-refractivity contribution in [2.75, 3.05) is 13.1 Å².